The third-order valence-electron chi connectivity index (χ3n) is 5.21. The van der Waals surface area contributed by atoms with Crippen LogP contribution < -0.4 is 5.69 Å². The molecule has 0 aliphatic carbocycles. The van der Waals surface area contributed by atoms with Crippen molar-refractivity contribution in [2.75, 3.05) is 18.2 Å². The molecule has 2 aliphatic heterocycles. The summed E-state index contributed by atoms with van der Waals surface area (Å²) >= 11 is 0. The molecule has 2 aromatic rings. The van der Waals surface area contributed by atoms with Crippen LogP contribution in [-0.4, -0.2) is 51.7 Å². The van der Waals surface area contributed by atoms with Gasteiger partial charge in [0.2, 0.25) is 5.91 Å². The van der Waals surface area contributed by atoms with Crippen molar-refractivity contribution >= 4 is 15.7 Å². The molecule has 0 bridgehead atoms. The average Bonchev–Trinajstić information content (AvgIpc) is 3.16. The van der Waals surface area contributed by atoms with Crippen LogP contribution in [0.4, 0.5) is 0 Å². The number of rotatable bonds is 3. The second kappa shape index (κ2) is 6.63. The molecule has 2 aliphatic rings. The Kier molecular flexibility index (Phi) is 4.41. The Balaban J connectivity index is 1.63. The monoisotopic (exact) mass is 390 g/mol. The van der Waals surface area contributed by atoms with Crippen molar-refractivity contribution in [1.82, 2.24) is 19.2 Å². The summed E-state index contributed by atoms with van der Waals surface area (Å²) in [5, 5.41) is 4.43. The number of fused-ring (bicyclic) bond motifs is 1. The van der Waals surface area contributed by atoms with Gasteiger partial charge in [0, 0.05) is 13.0 Å². The molecule has 0 N–H and O–H groups in total. The van der Waals surface area contributed by atoms with E-state index < -0.39 is 15.9 Å². The molecule has 1 aromatic heterocycles. The van der Waals surface area contributed by atoms with Crippen molar-refractivity contribution < 1.29 is 13.2 Å². The molecule has 1 saturated heterocycles. The molecule has 1 amide bonds. The smallest absolute Gasteiger partial charge is 0.325 e. The Labute approximate surface area is 157 Å². The number of nitrogens with zero attached hydrogens (tertiary/aromatic N) is 4. The number of amides is 1. The van der Waals surface area contributed by atoms with Crippen LogP contribution in [0.15, 0.2) is 29.1 Å². The standard InChI is InChI=1S/C18H22N4O4S/c1-13-5-7-14(8-6-13)11-21-18(24)22-15(3-2-4-16(22)19-21)17(23)20-9-10-27(25,26)12-20/h5-8,15H,2-4,9-12H2,1H3. The van der Waals surface area contributed by atoms with Crippen LogP contribution in [0.1, 0.15) is 35.8 Å². The van der Waals surface area contributed by atoms with E-state index in [0.717, 1.165) is 17.5 Å². The van der Waals surface area contributed by atoms with Gasteiger partial charge in [-0.2, -0.15) is 5.10 Å². The molecule has 144 valence electrons. The molecule has 27 heavy (non-hydrogen) atoms. The van der Waals surface area contributed by atoms with Gasteiger partial charge in [-0.05, 0) is 25.3 Å². The quantitative estimate of drug-likeness (QED) is 0.760. The van der Waals surface area contributed by atoms with Crippen LogP contribution in [0, 0.1) is 6.92 Å². The Bertz CT molecular complexity index is 1040. The van der Waals surface area contributed by atoms with Gasteiger partial charge in [-0.25, -0.2) is 17.9 Å². The van der Waals surface area contributed by atoms with Crippen molar-refractivity contribution in [3.63, 3.8) is 0 Å². The highest BCUT2D eigenvalue weighted by Crippen LogP contribution is 2.25. The van der Waals surface area contributed by atoms with E-state index >= 15 is 0 Å². The zero-order valence-electron chi connectivity index (χ0n) is 15.2. The third-order valence-corrected chi connectivity index (χ3v) is 6.71. The Morgan fingerprint density at radius 3 is 2.67 bits per heavy atom. The number of carbonyl (C=O) groups excluding carboxylic acids is 1. The predicted molar refractivity (Wildman–Crippen MR) is 99.1 cm³/mol. The van der Waals surface area contributed by atoms with Gasteiger partial charge in [0.05, 0.1) is 12.3 Å². The van der Waals surface area contributed by atoms with Crippen LogP contribution in [0.2, 0.25) is 0 Å². The number of aryl methyl sites for hydroxylation is 2. The second-order valence-electron chi connectivity index (χ2n) is 7.30. The number of hydrogen-bond acceptors (Lipinski definition) is 5. The Morgan fingerprint density at radius 1 is 1.26 bits per heavy atom. The van der Waals surface area contributed by atoms with Gasteiger partial charge in [-0.1, -0.05) is 29.8 Å². The van der Waals surface area contributed by atoms with Gasteiger partial charge in [0.1, 0.15) is 17.7 Å². The number of sulfone groups is 1. The van der Waals surface area contributed by atoms with E-state index in [1.165, 1.54) is 14.1 Å². The Hall–Kier alpha value is -2.42. The summed E-state index contributed by atoms with van der Waals surface area (Å²) in [5.74, 6) is 0.0249. The average molecular weight is 390 g/mol. The molecule has 1 unspecified atom stereocenters. The van der Waals surface area contributed by atoms with Crippen LogP contribution in [0.5, 0.6) is 0 Å². The lowest BCUT2D eigenvalue weighted by Gasteiger charge is -2.26. The first-order valence-corrected chi connectivity index (χ1v) is 10.9. The minimum atomic E-state index is -3.21. The summed E-state index contributed by atoms with van der Waals surface area (Å²) in [6, 6.07) is 7.21. The summed E-state index contributed by atoms with van der Waals surface area (Å²) in [6.45, 7) is 2.54. The molecular weight excluding hydrogens is 368 g/mol. The molecule has 1 atom stereocenters. The lowest BCUT2D eigenvalue weighted by Crippen LogP contribution is -2.41. The van der Waals surface area contributed by atoms with Crippen molar-refractivity contribution in [2.45, 2.75) is 38.8 Å². The maximum atomic E-state index is 12.9. The number of benzene rings is 1. The topological polar surface area (TPSA) is 94.3 Å². The molecule has 0 saturated carbocycles. The maximum Gasteiger partial charge on any atom is 0.346 e. The third kappa shape index (κ3) is 3.43. The fraction of sp³-hybridized carbons (Fsp3) is 0.500. The first-order valence-electron chi connectivity index (χ1n) is 9.07. The largest absolute Gasteiger partial charge is 0.346 e. The minimum absolute atomic E-state index is 0.0140. The van der Waals surface area contributed by atoms with E-state index in [-0.39, 0.29) is 29.8 Å². The summed E-state index contributed by atoms with van der Waals surface area (Å²) in [5.41, 5.74) is 1.79. The van der Waals surface area contributed by atoms with Crippen molar-refractivity contribution in [2.24, 2.45) is 0 Å². The van der Waals surface area contributed by atoms with E-state index in [1.54, 1.807) is 0 Å². The fourth-order valence-corrected chi connectivity index (χ4v) is 5.09. The highest BCUT2D eigenvalue weighted by Gasteiger charge is 2.37. The SMILES string of the molecule is Cc1ccc(Cn2nc3n(c2=O)C(C(=O)N2CCS(=O)(=O)C2)CCC3)cc1. The van der Waals surface area contributed by atoms with Gasteiger partial charge in [-0.15, -0.1) is 0 Å². The molecule has 3 heterocycles. The fourth-order valence-electron chi connectivity index (χ4n) is 3.74. The van der Waals surface area contributed by atoms with Crippen LogP contribution in [0.3, 0.4) is 0 Å². The van der Waals surface area contributed by atoms with Gasteiger partial charge in [-0.3, -0.25) is 9.36 Å². The molecule has 8 nitrogen and oxygen atoms in total. The van der Waals surface area contributed by atoms with Gasteiger partial charge in [0.15, 0.2) is 9.84 Å². The molecule has 0 radical (unpaired) electrons. The van der Waals surface area contributed by atoms with Crippen LogP contribution >= 0.6 is 0 Å². The summed E-state index contributed by atoms with van der Waals surface area (Å²) in [7, 11) is -3.21. The zero-order valence-corrected chi connectivity index (χ0v) is 16.0. The number of aromatic nitrogens is 3. The summed E-state index contributed by atoms with van der Waals surface area (Å²) in [6.07, 6.45) is 1.91. The highest BCUT2D eigenvalue weighted by molar-refractivity contribution is 7.91. The predicted octanol–water partition coefficient (Wildman–Crippen LogP) is 0.493. The van der Waals surface area contributed by atoms with E-state index in [2.05, 4.69) is 5.10 Å². The molecular formula is C18H22N4O4S. The number of carbonyl (C=O) groups is 1. The first-order chi connectivity index (χ1) is 12.8. The Morgan fingerprint density at radius 2 is 2.00 bits per heavy atom. The molecule has 0 spiro atoms. The van der Waals surface area contributed by atoms with Gasteiger partial charge < -0.3 is 4.90 Å². The lowest BCUT2D eigenvalue weighted by atomic mass is 10.0. The summed E-state index contributed by atoms with van der Waals surface area (Å²) < 4.78 is 26.2. The van der Waals surface area contributed by atoms with E-state index in [1.807, 2.05) is 31.2 Å². The first kappa shape index (κ1) is 18.0. The summed E-state index contributed by atoms with van der Waals surface area (Å²) in [4.78, 5) is 27.1. The van der Waals surface area contributed by atoms with Crippen molar-refractivity contribution in [3.8, 4) is 0 Å². The second-order valence-corrected chi connectivity index (χ2v) is 9.45. The van der Waals surface area contributed by atoms with Crippen LogP contribution in [0.25, 0.3) is 0 Å². The minimum Gasteiger partial charge on any atom is -0.325 e. The zero-order chi connectivity index (χ0) is 19.2. The van der Waals surface area contributed by atoms with Crippen LogP contribution in [-0.2, 0) is 27.6 Å². The van der Waals surface area contributed by atoms with Crippen molar-refractivity contribution in [3.05, 3.63) is 51.7 Å². The highest BCUT2D eigenvalue weighted by atomic mass is 32.2. The molecule has 1 fully saturated rings. The number of hydrogen-bond donors (Lipinski definition) is 0. The van der Waals surface area contributed by atoms with Gasteiger partial charge in [0.25, 0.3) is 0 Å². The lowest BCUT2D eigenvalue weighted by molar-refractivity contribution is -0.134. The maximum absolute atomic E-state index is 12.9. The van der Waals surface area contributed by atoms with E-state index in [9.17, 15) is 18.0 Å². The van der Waals surface area contributed by atoms with Crippen molar-refractivity contribution in [1.29, 1.82) is 0 Å². The van der Waals surface area contributed by atoms with E-state index in [4.69, 9.17) is 0 Å². The molecule has 1 aromatic carbocycles. The molecule has 9 heteroatoms. The normalized spacial score (nSPS) is 21.2. The van der Waals surface area contributed by atoms with Gasteiger partial charge >= 0.3 is 5.69 Å². The van der Waals surface area contributed by atoms with E-state index in [0.29, 0.717) is 25.2 Å². The molecule has 4 rings (SSSR count).